The third kappa shape index (κ3) is 4.34. The summed E-state index contributed by atoms with van der Waals surface area (Å²) in [6.45, 7) is 8.61. The number of nitrogens with two attached hydrogens (primary N) is 2. The van der Waals surface area contributed by atoms with Gasteiger partial charge in [0, 0.05) is 22.5 Å². The minimum atomic E-state index is 0.805. The van der Waals surface area contributed by atoms with Gasteiger partial charge in [-0.1, -0.05) is 65.7 Å². The molecular weight excluding hydrogens is 376 g/mol. The number of hydrogen-bond acceptors (Lipinski definition) is 2. The number of nitrogen functional groups attached to an aromatic ring is 2. The molecule has 0 spiro atoms. The van der Waals surface area contributed by atoms with Crippen LogP contribution in [0.5, 0.6) is 0 Å². The van der Waals surface area contributed by atoms with Crippen molar-refractivity contribution in [1.29, 1.82) is 0 Å². The van der Waals surface area contributed by atoms with Crippen molar-refractivity contribution in [3.63, 3.8) is 0 Å². The van der Waals surface area contributed by atoms with Gasteiger partial charge in [-0.15, -0.1) is 0 Å². The lowest BCUT2D eigenvalue weighted by Gasteiger charge is -2.16. The fourth-order valence-corrected chi connectivity index (χ4v) is 4.65. The molecule has 4 N–H and O–H groups in total. The number of aryl methyl sites for hydroxylation is 4. The van der Waals surface area contributed by atoms with Gasteiger partial charge in [0.15, 0.2) is 0 Å². The Kier molecular flexibility index (Phi) is 5.56. The van der Waals surface area contributed by atoms with Crippen LogP contribution < -0.4 is 11.5 Å². The van der Waals surface area contributed by atoms with Gasteiger partial charge in [-0.3, -0.25) is 0 Å². The molecule has 0 radical (unpaired) electrons. The summed E-state index contributed by atoms with van der Waals surface area (Å²) in [4.78, 5) is 0. The van der Waals surface area contributed by atoms with E-state index in [1.807, 2.05) is 24.3 Å². The van der Waals surface area contributed by atoms with Crippen LogP contribution in [0, 0.1) is 27.7 Å². The van der Waals surface area contributed by atoms with E-state index >= 15 is 0 Å². The Morgan fingerprint density at radius 3 is 1.94 bits per heavy atom. The average Bonchev–Trinajstić information content (AvgIpc) is 2.69. The van der Waals surface area contributed by atoms with Crippen molar-refractivity contribution in [3.8, 4) is 22.3 Å². The maximum absolute atomic E-state index is 6.42. The largest absolute Gasteiger partial charge is 0.398 e. The van der Waals surface area contributed by atoms with E-state index in [-0.39, 0.29) is 0 Å². The van der Waals surface area contributed by atoms with Crippen molar-refractivity contribution >= 4 is 11.4 Å². The predicted molar refractivity (Wildman–Crippen MR) is 134 cm³/mol. The van der Waals surface area contributed by atoms with Gasteiger partial charge in [0.2, 0.25) is 0 Å². The highest BCUT2D eigenvalue weighted by Crippen LogP contribution is 2.34. The average molecular weight is 407 g/mol. The van der Waals surface area contributed by atoms with Crippen LogP contribution in [0.3, 0.4) is 0 Å². The highest BCUT2D eigenvalue weighted by molar-refractivity contribution is 5.82. The number of para-hydroxylation sites is 1. The molecule has 0 bridgehead atoms. The van der Waals surface area contributed by atoms with E-state index in [2.05, 4.69) is 76.2 Å². The van der Waals surface area contributed by atoms with Crippen LogP contribution in [0.4, 0.5) is 11.4 Å². The fraction of sp³-hybridized carbons (Fsp3) is 0.172. The minimum Gasteiger partial charge on any atom is -0.398 e. The van der Waals surface area contributed by atoms with Gasteiger partial charge < -0.3 is 11.5 Å². The Morgan fingerprint density at radius 2 is 1.23 bits per heavy atom. The lowest BCUT2D eigenvalue weighted by atomic mass is 9.90. The third-order valence-electron chi connectivity index (χ3n) is 5.88. The van der Waals surface area contributed by atoms with E-state index in [0.717, 1.165) is 34.5 Å². The molecule has 4 rings (SSSR count). The molecule has 0 saturated carbocycles. The van der Waals surface area contributed by atoms with E-state index in [1.54, 1.807) is 0 Å². The first kappa shape index (κ1) is 20.7. The van der Waals surface area contributed by atoms with Crippen molar-refractivity contribution < 1.29 is 0 Å². The van der Waals surface area contributed by atoms with Crippen molar-refractivity contribution in [2.75, 3.05) is 11.5 Å². The Morgan fingerprint density at radius 1 is 0.581 bits per heavy atom. The van der Waals surface area contributed by atoms with E-state index < -0.39 is 0 Å². The minimum absolute atomic E-state index is 0.805. The molecule has 0 amide bonds. The Labute approximate surface area is 185 Å². The SMILES string of the molecule is Cc1cc(Cc2ccc(N)c(-c3c(C)cc(C)cc3C)c2)cc(-c2ccccc2N)c1. The molecule has 0 aliphatic carbocycles. The number of hydrogen-bond donors (Lipinski definition) is 2. The summed E-state index contributed by atoms with van der Waals surface area (Å²) in [6.07, 6.45) is 0.846. The quantitative estimate of drug-likeness (QED) is 0.358. The van der Waals surface area contributed by atoms with Crippen LogP contribution in [0.15, 0.2) is 72.8 Å². The molecule has 0 heterocycles. The smallest absolute Gasteiger partial charge is 0.0394 e. The summed E-state index contributed by atoms with van der Waals surface area (Å²) in [5.41, 5.74) is 26.4. The van der Waals surface area contributed by atoms with Gasteiger partial charge >= 0.3 is 0 Å². The van der Waals surface area contributed by atoms with Gasteiger partial charge in [-0.05, 0) is 85.7 Å². The molecule has 31 heavy (non-hydrogen) atoms. The summed E-state index contributed by atoms with van der Waals surface area (Å²) in [5.74, 6) is 0. The van der Waals surface area contributed by atoms with Crippen LogP contribution in [0.2, 0.25) is 0 Å². The van der Waals surface area contributed by atoms with E-state index in [4.69, 9.17) is 11.5 Å². The van der Waals surface area contributed by atoms with Crippen LogP contribution in [-0.4, -0.2) is 0 Å². The number of anilines is 2. The van der Waals surface area contributed by atoms with Crippen molar-refractivity contribution in [3.05, 3.63) is 106 Å². The van der Waals surface area contributed by atoms with E-state index in [1.165, 1.54) is 38.9 Å². The zero-order chi connectivity index (χ0) is 22.1. The Bertz CT molecular complexity index is 1240. The summed E-state index contributed by atoms with van der Waals surface area (Å²) >= 11 is 0. The van der Waals surface area contributed by atoms with E-state index in [0.29, 0.717) is 0 Å². The molecular formula is C29H30N2. The molecule has 4 aromatic carbocycles. The van der Waals surface area contributed by atoms with Crippen molar-refractivity contribution in [1.82, 2.24) is 0 Å². The van der Waals surface area contributed by atoms with E-state index in [9.17, 15) is 0 Å². The molecule has 0 aromatic heterocycles. The molecule has 0 fully saturated rings. The van der Waals surface area contributed by atoms with Crippen LogP contribution in [0.25, 0.3) is 22.3 Å². The molecule has 2 nitrogen and oxygen atoms in total. The number of rotatable bonds is 4. The second-order valence-corrected chi connectivity index (χ2v) is 8.67. The van der Waals surface area contributed by atoms with Gasteiger partial charge in [0.1, 0.15) is 0 Å². The second kappa shape index (κ2) is 8.31. The molecule has 0 saturated heterocycles. The number of benzene rings is 4. The first-order valence-electron chi connectivity index (χ1n) is 10.7. The normalized spacial score (nSPS) is 11.0. The molecule has 2 heteroatoms. The molecule has 0 atom stereocenters. The lowest BCUT2D eigenvalue weighted by Crippen LogP contribution is -1.98. The van der Waals surface area contributed by atoms with Crippen LogP contribution >= 0.6 is 0 Å². The summed E-state index contributed by atoms with van der Waals surface area (Å²) in [6, 6.07) is 25.6. The van der Waals surface area contributed by atoms with Gasteiger partial charge in [0.05, 0.1) is 0 Å². The maximum atomic E-state index is 6.42. The molecule has 156 valence electrons. The zero-order valence-corrected chi connectivity index (χ0v) is 18.8. The molecule has 4 aromatic rings. The lowest BCUT2D eigenvalue weighted by molar-refractivity contribution is 1.18. The maximum Gasteiger partial charge on any atom is 0.0394 e. The Hall–Kier alpha value is -3.52. The standard InChI is InChI=1S/C29H30N2/c1-18-11-20(3)29(21(4)12-18)26-17-22(9-10-28(26)31)15-23-13-19(2)14-24(16-23)25-7-5-6-8-27(25)30/h5-14,16-17H,15,30-31H2,1-4H3. The predicted octanol–water partition coefficient (Wildman–Crippen LogP) is 7.01. The second-order valence-electron chi connectivity index (χ2n) is 8.67. The molecule has 0 aliphatic rings. The van der Waals surface area contributed by atoms with Gasteiger partial charge in [-0.2, -0.15) is 0 Å². The topological polar surface area (TPSA) is 52.0 Å². The summed E-state index contributed by atoms with van der Waals surface area (Å²) in [5, 5.41) is 0. The van der Waals surface area contributed by atoms with Crippen LogP contribution in [-0.2, 0) is 6.42 Å². The monoisotopic (exact) mass is 406 g/mol. The fourth-order valence-electron chi connectivity index (χ4n) is 4.65. The van der Waals surface area contributed by atoms with Crippen molar-refractivity contribution in [2.24, 2.45) is 0 Å². The first-order chi connectivity index (χ1) is 14.8. The summed E-state index contributed by atoms with van der Waals surface area (Å²) < 4.78 is 0. The highest BCUT2D eigenvalue weighted by Gasteiger charge is 2.12. The first-order valence-corrected chi connectivity index (χ1v) is 10.7. The van der Waals surface area contributed by atoms with Gasteiger partial charge in [0.25, 0.3) is 0 Å². The molecule has 0 unspecified atom stereocenters. The Balaban J connectivity index is 1.74. The summed E-state index contributed by atoms with van der Waals surface area (Å²) in [7, 11) is 0. The van der Waals surface area contributed by atoms with Gasteiger partial charge in [-0.25, -0.2) is 0 Å². The zero-order valence-electron chi connectivity index (χ0n) is 18.8. The highest BCUT2D eigenvalue weighted by atomic mass is 14.6. The third-order valence-corrected chi connectivity index (χ3v) is 5.88. The van der Waals surface area contributed by atoms with Crippen molar-refractivity contribution in [2.45, 2.75) is 34.1 Å². The van der Waals surface area contributed by atoms with Crippen LogP contribution in [0.1, 0.15) is 33.4 Å². The molecule has 0 aliphatic heterocycles.